The van der Waals surface area contributed by atoms with Crippen molar-refractivity contribution in [1.29, 1.82) is 0 Å². The lowest BCUT2D eigenvalue weighted by molar-refractivity contribution is -0.425. The predicted octanol–water partition coefficient (Wildman–Crippen LogP) is 5.25. The first-order valence-electron chi connectivity index (χ1n) is 13.6. The van der Waals surface area contributed by atoms with Crippen molar-refractivity contribution >= 4 is 32.4 Å². The molecule has 0 radical (unpaired) electrons. The molecule has 3 aromatic carbocycles. The molecule has 10 heteroatoms. The molecule has 0 amide bonds. The van der Waals surface area contributed by atoms with Crippen LogP contribution < -0.4 is 20.5 Å². The van der Waals surface area contributed by atoms with E-state index in [1.165, 1.54) is 0 Å². The van der Waals surface area contributed by atoms with Crippen molar-refractivity contribution in [3.05, 3.63) is 97.3 Å². The van der Waals surface area contributed by atoms with E-state index in [1.54, 1.807) is 54.9 Å². The zero-order valence-electron chi connectivity index (χ0n) is 22.4. The number of aromatic nitrogens is 3. The SMILES string of the molecule is [NH3+]C1CCC(Nc2nccc(-c3cccnc3Oc3ccc(NS(=O)(=O)c4ccccc4)c4ccccc34)n2)CC1. The number of rotatable bonds is 8. The number of sulfonamides is 1. The normalized spacial score (nSPS) is 17.2. The summed E-state index contributed by atoms with van der Waals surface area (Å²) in [6, 6.07) is 25.7. The van der Waals surface area contributed by atoms with Crippen LogP contribution in [0.25, 0.3) is 22.0 Å². The van der Waals surface area contributed by atoms with Gasteiger partial charge in [0.05, 0.1) is 27.9 Å². The molecule has 9 nitrogen and oxygen atoms in total. The Balaban J connectivity index is 1.29. The van der Waals surface area contributed by atoms with E-state index in [4.69, 9.17) is 9.72 Å². The van der Waals surface area contributed by atoms with Gasteiger partial charge in [0.25, 0.3) is 10.0 Å². The third-order valence-electron chi connectivity index (χ3n) is 7.27. The van der Waals surface area contributed by atoms with Crippen LogP contribution in [0.1, 0.15) is 25.7 Å². The highest BCUT2D eigenvalue weighted by Gasteiger charge is 2.22. The van der Waals surface area contributed by atoms with Crippen molar-refractivity contribution in [2.24, 2.45) is 0 Å². The molecule has 0 saturated heterocycles. The van der Waals surface area contributed by atoms with Gasteiger partial charge in [-0.25, -0.2) is 23.4 Å². The molecule has 0 aliphatic heterocycles. The minimum atomic E-state index is -3.76. The van der Waals surface area contributed by atoms with Crippen LogP contribution in [0.5, 0.6) is 11.6 Å². The second-order valence-electron chi connectivity index (χ2n) is 10.2. The summed E-state index contributed by atoms with van der Waals surface area (Å²) in [6.45, 7) is 0. The van der Waals surface area contributed by atoms with Crippen molar-refractivity contribution in [2.75, 3.05) is 10.0 Å². The Bertz CT molecular complexity index is 1770. The lowest BCUT2D eigenvalue weighted by Crippen LogP contribution is -2.62. The van der Waals surface area contributed by atoms with E-state index in [0.717, 1.165) is 36.6 Å². The van der Waals surface area contributed by atoms with Gasteiger partial charge in [0.2, 0.25) is 11.8 Å². The number of quaternary nitrogens is 1. The average molecular weight is 568 g/mol. The number of nitrogens with one attached hydrogen (secondary N) is 2. The summed E-state index contributed by atoms with van der Waals surface area (Å²) < 4.78 is 35.1. The molecule has 208 valence electrons. The topological polar surface area (TPSA) is 134 Å². The Morgan fingerprint density at radius 3 is 2.34 bits per heavy atom. The number of anilines is 2. The van der Waals surface area contributed by atoms with Gasteiger partial charge in [-0.2, -0.15) is 0 Å². The predicted molar refractivity (Wildman–Crippen MR) is 159 cm³/mol. The van der Waals surface area contributed by atoms with Gasteiger partial charge in [0, 0.05) is 42.0 Å². The molecule has 1 fully saturated rings. The quantitative estimate of drug-likeness (QED) is 0.233. The molecule has 0 spiro atoms. The molecule has 41 heavy (non-hydrogen) atoms. The van der Waals surface area contributed by atoms with Crippen LogP contribution in [0.3, 0.4) is 0 Å². The molecular weight excluding hydrogens is 536 g/mol. The van der Waals surface area contributed by atoms with Gasteiger partial charge in [0.1, 0.15) is 5.75 Å². The van der Waals surface area contributed by atoms with Crippen LogP contribution in [-0.2, 0) is 10.0 Å². The zero-order valence-corrected chi connectivity index (χ0v) is 23.2. The van der Waals surface area contributed by atoms with E-state index in [1.807, 2.05) is 42.5 Å². The number of pyridine rings is 1. The second-order valence-corrected chi connectivity index (χ2v) is 11.8. The number of hydrogen-bond donors (Lipinski definition) is 3. The first-order valence-corrected chi connectivity index (χ1v) is 15.1. The largest absolute Gasteiger partial charge is 0.438 e. The van der Waals surface area contributed by atoms with E-state index in [2.05, 4.69) is 25.7 Å². The number of nitrogens with zero attached hydrogens (tertiary/aromatic N) is 3. The number of benzene rings is 3. The molecular formula is C31H31N6O3S+. The molecule has 1 aliphatic carbocycles. The van der Waals surface area contributed by atoms with Crippen molar-refractivity contribution in [1.82, 2.24) is 15.0 Å². The van der Waals surface area contributed by atoms with Gasteiger partial charge in [-0.3, -0.25) is 4.72 Å². The van der Waals surface area contributed by atoms with E-state index >= 15 is 0 Å². The molecule has 2 heterocycles. The molecule has 1 aliphatic rings. The fourth-order valence-corrected chi connectivity index (χ4v) is 6.19. The van der Waals surface area contributed by atoms with Crippen molar-refractivity contribution in [3.8, 4) is 22.9 Å². The Morgan fingerprint density at radius 1 is 0.780 bits per heavy atom. The van der Waals surface area contributed by atoms with Gasteiger partial charge in [-0.15, -0.1) is 0 Å². The van der Waals surface area contributed by atoms with Crippen LogP contribution in [0, 0.1) is 0 Å². The summed E-state index contributed by atoms with van der Waals surface area (Å²) in [4.78, 5) is 13.9. The van der Waals surface area contributed by atoms with Crippen LogP contribution in [0.4, 0.5) is 11.6 Å². The van der Waals surface area contributed by atoms with Gasteiger partial charge in [0.15, 0.2) is 0 Å². The number of ether oxygens (including phenoxy) is 1. The Morgan fingerprint density at radius 2 is 1.54 bits per heavy atom. The maximum absolute atomic E-state index is 13.0. The highest BCUT2D eigenvalue weighted by atomic mass is 32.2. The summed E-state index contributed by atoms with van der Waals surface area (Å²) in [5.74, 6) is 1.50. The Kier molecular flexibility index (Phi) is 7.49. The summed E-state index contributed by atoms with van der Waals surface area (Å²) in [5, 5.41) is 4.91. The molecule has 1 saturated carbocycles. The van der Waals surface area contributed by atoms with Gasteiger partial charge >= 0.3 is 0 Å². The molecule has 6 rings (SSSR count). The molecule has 0 unspecified atom stereocenters. The van der Waals surface area contributed by atoms with Crippen LogP contribution in [0.15, 0.2) is 102 Å². The van der Waals surface area contributed by atoms with Crippen LogP contribution >= 0.6 is 0 Å². The molecule has 5 N–H and O–H groups in total. The number of hydrogen-bond acceptors (Lipinski definition) is 7. The number of fused-ring (bicyclic) bond motifs is 1. The lowest BCUT2D eigenvalue weighted by atomic mass is 9.92. The van der Waals surface area contributed by atoms with Gasteiger partial charge in [-0.1, -0.05) is 42.5 Å². The van der Waals surface area contributed by atoms with Gasteiger partial charge in [-0.05, 0) is 55.3 Å². The van der Waals surface area contributed by atoms with E-state index in [-0.39, 0.29) is 4.90 Å². The third-order valence-corrected chi connectivity index (χ3v) is 8.65. The lowest BCUT2D eigenvalue weighted by Gasteiger charge is -2.25. The summed E-state index contributed by atoms with van der Waals surface area (Å²) in [6.07, 6.45) is 7.69. The summed E-state index contributed by atoms with van der Waals surface area (Å²) >= 11 is 0. The highest BCUT2D eigenvalue weighted by Crippen LogP contribution is 2.37. The fraction of sp³-hybridized carbons (Fsp3) is 0.194. The summed E-state index contributed by atoms with van der Waals surface area (Å²) in [7, 11) is -3.76. The van der Waals surface area contributed by atoms with Gasteiger partial charge < -0.3 is 15.8 Å². The smallest absolute Gasteiger partial charge is 0.261 e. The maximum atomic E-state index is 13.0. The molecule has 0 atom stereocenters. The van der Waals surface area contributed by atoms with E-state index in [0.29, 0.717) is 46.4 Å². The first-order chi connectivity index (χ1) is 20.0. The molecule has 2 aromatic heterocycles. The maximum Gasteiger partial charge on any atom is 0.261 e. The minimum Gasteiger partial charge on any atom is -0.438 e. The molecule has 5 aromatic rings. The molecule has 0 bridgehead atoms. The van der Waals surface area contributed by atoms with Crippen LogP contribution in [-0.4, -0.2) is 35.5 Å². The average Bonchev–Trinajstić information content (AvgIpc) is 3.00. The fourth-order valence-electron chi connectivity index (χ4n) is 5.09. The minimum absolute atomic E-state index is 0.191. The standard InChI is InChI=1S/C31H30N6O3S/c32-21-12-14-22(15-13-21)35-31-34-20-18-27(36-31)26-11-6-19-33-30(26)40-29-17-16-28(24-9-4-5-10-25(24)29)37-41(38,39)23-7-2-1-3-8-23/h1-11,16-22,37H,12-15,32H2,(H,34,35,36)/p+1. The monoisotopic (exact) mass is 567 g/mol. The second kappa shape index (κ2) is 11.5. The van der Waals surface area contributed by atoms with Crippen molar-refractivity contribution < 1.29 is 18.9 Å². The van der Waals surface area contributed by atoms with Crippen molar-refractivity contribution in [2.45, 2.75) is 42.7 Å². The zero-order chi connectivity index (χ0) is 28.2. The third kappa shape index (κ3) is 5.98. The Hall–Kier alpha value is -4.54. The highest BCUT2D eigenvalue weighted by molar-refractivity contribution is 7.92. The van der Waals surface area contributed by atoms with E-state index in [9.17, 15) is 8.42 Å². The van der Waals surface area contributed by atoms with E-state index < -0.39 is 10.0 Å². The summed E-state index contributed by atoms with van der Waals surface area (Å²) in [5.41, 5.74) is 6.04. The van der Waals surface area contributed by atoms with Crippen LogP contribution in [0.2, 0.25) is 0 Å². The Labute approximate surface area is 238 Å². The first kappa shape index (κ1) is 26.7. The van der Waals surface area contributed by atoms with Crippen molar-refractivity contribution in [3.63, 3.8) is 0 Å².